The Labute approximate surface area is 580 Å². The van der Waals surface area contributed by atoms with Crippen LogP contribution >= 0.6 is 0 Å². The third-order valence-corrected chi connectivity index (χ3v) is 18.6. The molecule has 0 aromatic heterocycles. The summed E-state index contributed by atoms with van der Waals surface area (Å²) in [7, 11) is 0. The third-order valence-electron chi connectivity index (χ3n) is 18.6. The first-order valence-corrected chi connectivity index (χ1v) is 34.0. The molecule has 29 nitrogen and oxygen atoms in total. The first-order chi connectivity index (χ1) is 46.6. The van der Waals surface area contributed by atoms with Gasteiger partial charge in [0.05, 0.1) is 55.9 Å². The van der Waals surface area contributed by atoms with Gasteiger partial charge in [-0.1, -0.05) is 70.4 Å². The van der Waals surface area contributed by atoms with E-state index in [1.807, 2.05) is 52.8 Å². The highest BCUT2D eigenvalue weighted by Gasteiger charge is 2.53. The Bertz CT molecular complexity index is 2680. The predicted octanol–water partition coefficient (Wildman–Crippen LogP) is 0.841. The van der Waals surface area contributed by atoms with E-state index in [1.54, 1.807) is 26.0 Å². The Balaban J connectivity index is 1.06. The van der Waals surface area contributed by atoms with Crippen molar-refractivity contribution in [2.75, 3.05) is 26.4 Å². The molecule has 5 rings (SSSR count). The van der Waals surface area contributed by atoms with Crippen LogP contribution in [0.3, 0.4) is 0 Å². The van der Waals surface area contributed by atoms with Gasteiger partial charge in [-0.15, -0.1) is 13.2 Å². The van der Waals surface area contributed by atoms with Crippen molar-refractivity contribution in [3.8, 4) is 0 Å². The van der Waals surface area contributed by atoms with Crippen LogP contribution in [-0.4, -0.2) is 285 Å². The van der Waals surface area contributed by atoms with Crippen molar-refractivity contribution in [2.45, 2.75) is 311 Å². The van der Waals surface area contributed by atoms with Gasteiger partial charge in [0.15, 0.2) is 37.6 Å². The van der Waals surface area contributed by atoms with Crippen molar-refractivity contribution in [1.29, 1.82) is 0 Å². The van der Waals surface area contributed by atoms with Gasteiger partial charge in [-0.05, 0) is 146 Å². The second-order valence-corrected chi connectivity index (χ2v) is 27.3. The number of carbonyl (C=O) groups excluding carboxylic acids is 1. The average molecular weight is 1420 g/mol. The zero-order chi connectivity index (χ0) is 73.8. The lowest BCUT2D eigenvalue weighted by atomic mass is 9.96. The molecule has 5 fully saturated rings. The highest BCUT2D eigenvalue weighted by atomic mass is 17.2. The van der Waals surface area contributed by atoms with Crippen molar-refractivity contribution in [1.82, 2.24) is 0 Å². The molecule has 5 heterocycles. The largest absolute Gasteiger partial charge is 0.394 e. The molecular formula is C70H114O29. The monoisotopic (exact) mass is 1420 g/mol. The molecule has 0 spiro atoms. The molecular weight excluding hydrogens is 1300 g/mol. The standard InChI is InChI=1S/C70H114O29/c1-13-69(11,96-66-58(84)53(79)50(76)45(32-71)92-66)28-18-26-37(4)21-15-20-36(3)23-17-25-40(7)34-88-64-60(86)61(49(75)43(10)90-64)95-65-57(83)55(81)52(78)47(94-65)35-89-68-62(56(82)48(74)42(9)91-68)98-99-63(87)41(8)31-44(73)30-39(6)24-16-22-38(5)27-19-29-70(12,14-2)97-67-59(85)54(80)51(77)46(33-72)93-67/h13-14,20,24-27,31,42-62,64-68,71-86H,1-2,15-19,21-23,28-30,32-35H2,3-12H3/b36-20+,37-26+,38-27+,39-24+,40-25-,41-31+/t42-,43-,44+,45+,46+,47+,48-,49-,50+,51+,52+,53-,54-,55-,56+,57+,58+,59+,60+,61+,62+,64+,65-,66-,67-,68+,69+,70+/m0/s1. The summed E-state index contributed by atoms with van der Waals surface area (Å²) in [6.07, 6.45) is -17.8. The molecule has 0 unspecified atom stereocenters. The maximum atomic E-state index is 13.2. The fourth-order valence-electron chi connectivity index (χ4n) is 11.7. The van der Waals surface area contributed by atoms with E-state index in [2.05, 4.69) is 25.3 Å². The van der Waals surface area contributed by atoms with Gasteiger partial charge in [0.2, 0.25) is 0 Å². The average Bonchev–Trinajstić information content (AvgIpc) is 0.806. The SMILES string of the molecule is C=C[C@](C)(CC/C=C(\C)CC/C=C(\C)CC/C=C(/C)CO[C@@H]1O[C@@H](C)[C@H](O)[C@@H](O[C@@H]2O[C@H](CO[C@@H]3O[C@@H](C)[C@H](O)[C@@H](O)[C@H]3OOC(=O)/C(C)=C/[C@H](O)C/C(C)=C/CC/C(C)=C/CC[C@@](C)(C=C)O[C@@H]3O[C@H](CO)[C@@H](O)[C@H](O)[C@H]3O)[C@@H](O)[C@H](O)[C@H]2O)[C@H]1O)O[C@@H]1O[C@H](CO)[C@@H](O)[C@H](O)[C@H]1O. The molecule has 0 amide bonds. The minimum absolute atomic E-state index is 0.0226. The molecule has 5 saturated heterocycles. The van der Waals surface area contributed by atoms with Gasteiger partial charge < -0.3 is 129 Å². The highest BCUT2D eigenvalue weighted by molar-refractivity contribution is 5.87. The lowest BCUT2D eigenvalue weighted by molar-refractivity contribution is -0.392. The van der Waals surface area contributed by atoms with Crippen LogP contribution in [-0.2, 0) is 61.9 Å². The molecule has 5 aliphatic rings. The Hall–Kier alpha value is -3.69. The summed E-state index contributed by atoms with van der Waals surface area (Å²) in [4.78, 5) is 23.5. The number of hydrogen-bond acceptors (Lipinski definition) is 29. The molecule has 0 aliphatic carbocycles. The number of hydrogen-bond donors (Lipinski definition) is 16. The summed E-state index contributed by atoms with van der Waals surface area (Å²) >= 11 is 0. The lowest BCUT2D eigenvalue weighted by Gasteiger charge is -2.46. The van der Waals surface area contributed by atoms with Crippen LogP contribution in [0.5, 0.6) is 0 Å². The summed E-state index contributed by atoms with van der Waals surface area (Å²) < 4.78 is 58.2. The van der Waals surface area contributed by atoms with Crippen molar-refractivity contribution >= 4 is 5.97 Å². The Morgan fingerprint density at radius 1 is 0.465 bits per heavy atom. The van der Waals surface area contributed by atoms with E-state index < -0.39 is 197 Å². The fraction of sp³-hybridized carbons (Fsp3) is 0.757. The summed E-state index contributed by atoms with van der Waals surface area (Å²) in [5.74, 6) is -1.07. The maximum Gasteiger partial charge on any atom is 0.368 e. The van der Waals surface area contributed by atoms with E-state index in [4.69, 9.17) is 57.1 Å². The van der Waals surface area contributed by atoms with Crippen LogP contribution in [0.1, 0.15) is 140 Å². The molecule has 99 heavy (non-hydrogen) atoms. The molecule has 28 atom stereocenters. The first-order valence-electron chi connectivity index (χ1n) is 34.0. The second kappa shape index (κ2) is 40.5. The van der Waals surface area contributed by atoms with Crippen LogP contribution in [0, 0.1) is 0 Å². The topological polar surface area (TPSA) is 452 Å². The number of rotatable bonds is 37. The molecule has 0 radical (unpaired) electrons. The van der Waals surface area contributed by atoms with Gasteiger partial charge >= 0.3 is 5.97 Å². The zero-order valence-electron chi connectivity index (χ0n) is 58.6. The molecule has 0 aromatic carbocycles. The Morgan fingerprint density at radius 3 is 1.37 bits per heavy atom. The number of allylic oxidation sites excluding steroid dienone is 8. The quantitative estimate of drug-likeness (QED) is 0.0177. The van der Waals surface area contributed by atoms with Crippen LogP contribution < -0.4 is 0 Å². The van der Waals surface area contributed by atoms with E-state index in [0.29, 0.717) is 44.9 Å². The van der Waals surface area contributed by atoms with Crippen molar-refractivity contribution in [3.63, 3.8) is 0 Å². The summed E-state index contributed by atoms with van der Waals surface area (Å²) in [5, 5.41) is 169. The number of ether oxygens (including phenoxy) is 10. The smallest absolute Gasteiger partial charge is 0.368 e. The van der Waals surface area contributed by atoms with Gasteiger partial charge in [-0.25, -0.2) is 4.79 Å². The second-order valence-electron chi connectivity index (χ2n) is 27.3. The van der Waals surface area contributed by atoms with E-state index in [0.717, 1.165) is 41.6 Å². The van der Waals surface area contributed by atoms with Gasteiger partial charge in [-0.2, -0.15) is 4.89 Å². The highest BCUT2D eigenvalue weighted by Crippen LogP contribution is 2.35. The first kappa shape index (κ1) is 86.0. The minimum atomic E-state index is -1.93. The van der Waals surface area contributed by atoms with E-state index >= 15 is 0 Å². The lowest BCUT2D eigenvalue weighted by Crippen LogP contribution is -2.64. The molecule has 0 bridgehead atoms. The third kappa shape index (κ3) is 25.0. The van der Waals surface area contributed by atoms with Gasteiger partial charge in [0.1, 0.15) is 104 Å². The normalized spacial score (nSPS) is 37.9. The molecule has 5 aliphatic heterocycles. The zero-order valence-corrected chi connectivity index (χ0v) is 58.6. The van der Waals surface area contributed by atoms with E-state index in [9.17, 15) is 86.5 Å². The van der Waals surface area contributed by atoms with Crippen LogP contribution in [0.25, 0.3) is 0 Å². The molecule has 16 N–H and O–H groups in total. The Morgan fingerprint density at radius 2 is 0.889 bits per heavy atom. The van der Waals surface area contributed by atoms with Crippen molar-refractivity contribution < 1.29 is 144 Å². The summed E-state index contributed by atoms with van der Waals surface area (Å²) in [5.41, 5.74) is 3.00. The molecule has 568 valence electrons. The molecule has 0 saturated carbocycles. The summed E-state index contributed by atoms with van der Waals surface area (Å²) in [6.45, 7) is 23.4. The fourth-order valence-corrected chi connectivity index (χ4v) is 11.7. The van der Waals surface area contributed by atoms with Crippen LogP contribution in [0.2, 0.25) is 0 Å². The van der Waals surface area contributed by atoms with Crippen LogP contribution in [0.4, 0.5) is 0 Å². The summed E-state index contributed by atoms with van der Waals surface area (Å²) in [6, 6.07) is 0. The number of carbonyl (C=O) groups is 1. The predicted molar refractivity (Wildman–Crippen MR) is 353 cm³/mol. The van der Waals surface area contributed by atoms with Crippen molar-refractivity contribution in [2.24, 2.45) is 0 Å². The van der Waals surface area contributed by atoms with E-state index in [1.165, 1.54) is 32.4 Å². The van der Waals surface area contributed by atoms with Gasteiger partial charge in [0, 0.05) is 5.57 Å². The maximum absolute atomic E-state index is 13.2. The van der Waals surface area contributed by atoms with Crippen LogP contribution in [0.15, 0.2) is 95.2 Å². The van der Waals surface area contributed by atoms with E-state index in [-0.39, 0.29) is 18.6 Å². The number of aliphatic hydroxyl groups is 16. The molecule has 29 heteroatoms. The van der Waals surface area contributed by atoms with Gasteiger partial charge in [-0.3, -0.25) is 4.89 Å². The van der Waals surface area contributed by atoms with Crippen molar-refractivity contribution in [3.05, 3.63) is 95.2 Å². The minimum Gasteiger partial charge on any atom is -0.394 e. The number of aliphatic hydroxyl groups excluding tert-OH is 16. The Kier molecular flexibility index (Phi) is 35.2. The van der Waals surface area contributed by atoms with Gasteiger partial charge in [0.25, 0.3) is 0 Å². The molecule has 0 aromatic rings.